The first-order valence-electron chi connectivity index (χ1n) is 18.7. The quantitative estimate of drug-likeness (QED) is 0.160. The predicted octanol–water partition coefficient (Wildman–Crippen LogP) is 13.2. The molecule has 0 bridgehead atoms. The van der Waals surface area contributed by atoms with E-state index in [0.29, 0.717) is 0 Å². The Kier molecular flexibility index (Phi) is 8.21. The molecule has 0 aliphatic rings. The highest BCUT2D eigenvalue weighted by Crippen LogP contribution is 2.43. The van der Waals surface area contributed by atoms with Crippen molar-refractivity contribution in [3.8, 4) is 39.3 Å². The van der Waals surface area contributed by atoms with E-state index in [1.54, 1.807) is 0 Å². The zero-order valence-corrected chi connectivity index (χ0v) is 32.0. The lowest BCUT2D eigenvalue weighted by molar-refractivity contribution is -0.633. The van der Waals surface area contributed by atoms with E-state index in [0.717, 1.165) is 33.3 Å². The molecule has 0 saturated carbocycles. The summed E-state index contributed by atoms with van der Waals surface area (Å²) in [5.41, 5.74) is 16.8. The van der Waals surface area contributed by atoms with Gasteiger partial charge in [-0.25, -0.2) is 4.57 Å². The second-order valence-electron chi connectivity index (χ2n) is 16.2. The lowest BCUT2D eigenvalue weighted by Gasteiger charge is -2.21. The van der Waals surface area contributed by atoms with Crippen molar-refractivity contribution in [2.45, 2.75) is 72.6 Å². The topological polar surface area (TPSA) is 21.9 Å². The van der Waals surface area contributed by atoms with Crippen molar-refractivity contribution < 1.29 is 8.98 Å². The highest BCUT2D eigenvalue weighted by Gasteiger charge is 2.34. The molecule has 0 atom stereocenters. The Hall–Kier alpha value is -5.41. The zero-order valence-electron chi connectivity index (χ0n) is 32.0. The molecule has 52 heavy (non-hydrogen) atoms. The SMILES string of the molecule is Cc1ccc2c(oc3cc(C(C)(C)C)ccc32)c1-c1n(-c2c(C(C)C)cc(-c3ccc(-c4ccccc4)cc3)cc2C(C)C)c2ccccc2[n+]1C. The fourth-order valence-electron chi connectivity index (χ4n) is 7.97. The average molecular weight is 682 g/mol. The molecule has 2 aromatic heterocycles. The van der Waals surface area contributed by atoms with Crippen LogP contribution < -0.4 is 4.57 Å². The monoisotopic (exact) mass is 681 g/mol. The normalized spacial score (nSPS) is 12.3. The highest BCUT2D eigenvalue weighted by atomic mass is 16.3. The van der Waals surface area contributed by atoms with Crippen LogP contribution in [0.25, 0.3) is 72.3 Å². The molecule has 0 aliphatic heterocycles. The summed E-state index contributed by atoms with van der Waals surface area (Å²) in [6, 6.07) is 44.6. The standard InChI is InChI=1S/C49H49N2O/c1-30(2)40-27-36(35-22-20-34(21-23-35)33-15-11-10-12-16-33)28-41(31(3)4)46(40)51-43-18-14-13-17-42(43)50(9)48(51)45-32(5)19-25-39-38-26-24-37(49(6,7)8)29-44(38)52-47(39)45/h10-31H,1-9H3/q+1. The molecule has 2 heterocycles. The number of hydrogen-bond donors (Lipinski definition) is 0. The minimum absolute atomic E-state index is 0.0291. The van der Waals surface area contributed by atoms with E-state index in [1.807, 2.05) is 0 Å². The van der Waals surface area contributed by atoms with Gasteiger partial charge < -0.3 is 4.42 Å². The van der Waals surface area contributed by atoms with Crippen LogP contribution >= 0.6 is 0 Å². The number of imidazole rings is 1. The maximum Gasteiger partial charge on any atom is 0.299 e. The van der Waals surface area contributed by atoms with Gasteiger partial charge in [-0.1, -0.05) is 139 Å². The van der Waals surface area contributed by atoms with E-state index in [9.17, 15) is 0 Å². The van der Waals surface area contributed by atoms with E-state index in [1.165, 1.54) is 61.2 Å². The first-order chi connectivity index (χ1) is 24.9. The molecule has 0 aliphatic carbocycles. The van der Waals surface area contributed by atoms with Crippen LogP contribution in [-0.2, 0) is 12.5 Å². The molecule has 0 fully saturated rings. The summed E-state index contributed by atoms with van der Waals surface area (Å²) in [6.07, 6.45) is 0. The number of aryl methyl sites for hydroxylation is 2. The number of rotatable bonds is 6. The molecule has 8 aromatic rings. The fraction of sp³-hybridized carbons (Fsp3) is 0.245. The van der Waals surface area contributed by atoms with Gasteiger partial charge in [0.05, 0.1) is 7.05 Å². The third kappa shape index (κ3) is 5.55. The van der Waals surface area contributed by atoms with Gasteiger partial charge in [-0.15, -0.1) is 0 Å². The third-order valence-electron chi connectivity index (χ3n) is 10.9. The summed E-state index contributed by atoms with van der Waals surface area (Å²) in [5, 5.41) is 2.30. The number of furan rings is 1. The number of para-hydroxylation sites is 2. The first kappa shape index (κ1) is 33.7. The minimum atomic E-state index is 0.0291. The summed E-state index contributed by atoms with van der Waals surface area (Å²) in [6.45, 7) is 18.3. The van der Waals surface area contributed by atoms with Crippen LogP contribution in [0.15, 0.2) is 126 Å². The van der Waals surface area contributed by atoms with Crippen LogP contribution in [0.4, 0.5) is 0 Å². The van der Waals surface area contributed by atoms with Gasteiger partial charge in [0.2, 0.25) is 0 Å². The van der Waals surface area contributed by atoms with Crippen LogP contribution in [0.3, 0.4) is 0 Å². The highest BCUT2D eigenvalue weighted by molar-refractivity contribution is 6.10. The second kappa shape index (κ2) is 12.7. The van der Waals surface area contributed by atoms with Crippen molar-refractivity contribution in [3.05, 3.63) is 144 Å². The Morgan fingerprint density at radius 2 is 1.19 bits per heavy atom. The molecule has 0 N–H and O–H groups in total. The second-order valence-corrected chi connectivity index (χ2v) is 16.2. The van der Waals surface area contributed by atoms with Crippen molar-refractivity contribution in [2.24, 2.45) is 7.05 Å². The third-order valence-corrected chi connectivity index (χ3v) is 10.9. The first-order valence-corrected chi connectivity index (χ1v) is 18.7. The molecule has 0 saturated heterocycles. The molecule has 6 aromatic carbocycles. The number of benzene rings is 6. The Morgan fingerprint density at radius 1 is 0.615 bits per heavy atom. The lowest BCUT2D eigenvalue weighted by Crippen LogP contribution is -2.30. The fourth-order valence-corrected chi connectivity index (χ4v) is 7.97. The van der Waals surface area contributed by atoms with Crippen molar-refractivity contribution in [1.82, 2.24) is 4.57 Å². The van der Waals surface area contributed by atoms with E-state index >= 15 is 0 Å². The van der Waals surface area contributed by atoms with E-state index in [4.69, 9.17) is 4.42 Å². The number of fused-ring (bicyclic) bond motifs is 4. The smallest absolute Gasteiger partial charge is 0.299 e. The summed E-state index contributed by atoms with van der Waals surface area (Å²) < 4.78 is 11.9. The summed E-state index contributed by atoms with van der Waals surface area (Å²) >= 11 is 0. The molecular formula is C49H49N2O+. The summed E-state index contributed by atoms with van der Waals surface area (Å²) in [7, 11) is 2.21. The zero-order chi connectivity index (χ0) is 36.5. The van der Waals surface area contributed by atoms with Gasteiger partial charge in [0.25, 0.3) is 5.82 Å². The maximum absolute atomic E-state index is 6.94. The maximum atomic E-state index is 6.94. The van der Waals surface area contributed by atoms with Crippen molar-refractivity contribution >= 4 is 33.0 Å². The average Bonchev–Trinajstić information content (AvgIpc) is 3.65. The molecule has 3 nitrogen and oxygen atoms in total. The van der Waals surface area contributed by atoms with E-state index in [-0.39, 0.29) is 17.3 Å². The Morgan fingerprint density at radius 3 is 1.83 bits per heavy atom. The van der Waals surface area contributed by atoms with Gasteiger partial charge in [0.15, 0.2) is 16.6 Å². The van der Waals surface area contributed by atoms with E-state index in [2.05, 4.69) is 193 Å². The van der Waals surface area contributed by atoms with Gasteiger partial charge in [-0.05, 0) is 87.9 Å². The molecule has 0 radical (unpaired) electrons. The minimum Gasteiger partial charge on any atom is -0.455 e. The van der Waals surface area contributed by atoms with Crippen molar-refractivity contribution in [3.63, 3.8) is 0 Å². The van der Waals surface area contributed by atoms with Gasteiger partial charge in [-0.3, -0.25) is 0 Å². The van der Waals surface area contributed by atoms with Gasteiger partial charge in [0.1, 0.15) is 16.8 Å². The Bertz CT molecular complexity index is 2580. The van der Waals surface area contributed by atoms with Crippen LogP contribution in [-0.4, -0.2) is 4.57 Å². The van der Waals surface area contributed by atoms with Gasteiger partial charge in [0, 0.05) is 21.9 Å². The van der Waals surface area contributed by atoms with Crippen molar-refractivity contribution in [2.75, 3.05) is 0 Å². The summed E-state index contributed by atoms with van der Waals surface area (Å²) in [4.78, 5) is 0. The molecule has 3 heteroatoms. The van der Waals surface area contributed by atoms with Crippen LogP contribution in [0.2, 0.25) is 0 Å². The predicted molar refractivity (Wildman–Crippen MR) is 220 cm³/mol. The number of nitrogens with zero attached hydrogens (tertiary/aromatic N) is 2. The van der Waals surface area contributed by atoms with Gasteiger partial charge >= 0.3 is 0 Å². The molecule has 0 spiro atoms. The van der Waals surface area contributed by atoms with Gasteiger partial charge in [-0.2, -0.15) is 4.57 Å². The van der Waals surface area contributed by atoms with Crippen LogP contribution in [0, 0.1) is 6.92 Å². The Balaban J connectivity index is 1.41. The van der Waals surface area contributed by atoms with Crippen molar-refractivity contribution in [1.29, 1.82) is 0 Å². The molecular weight excluding hydrogens is 633 g/mol. The molecule has 8 rings (SSSR count). The molecule has 260 valence electrons. The van der Waals surface area contributed by atoms with Crippen LogP contribution in [0.5, 0.6) is 0 Å². The number of hydrogen-bond acceptors (Lipinski definition) is 1. The largest absolute Gasteiger partial charge is 0.455 e. The molecule has 0 unspecified atom stereocenters. The molecule has 0 amide bonds. The number of aromatic nitrogens is 2. The van der Waals surface area contributed by atoms with Crippen LogP contribution in [0.1, 0.15) is 82.6 Å². The Labute approximate surface area is 308 Å². The summed E-state index contributed by atoms with van der Waals surface area (Å²) in [5.74, 6) is 1.70. The lowest BCUT2D eigenvalue weighted by atomic mass is 9.86. The van der Waals surface area contributed by atoms with E-state index < -0.39 is 0 Å².